The third-order valence-corrected chi connectivity index (χ3v) is 8.38. The first-order valence-corrected chi connectivity index (χ1v) is 10.6. The molecule has 1 heterocycles. The van der Waals surface area contributed by atoms with Crippen LogP contribution >= 0.6 is 24.4 Å². The molecule has 1 aliphatic heterocycles. The van der Waals surface area contributed by atoms with E-state index in [1.54, 1.807) is 18.7 Å². The second-order valence-electron chi connectivity index (χ2n) is 5.32. The van der Waals surface area contributed by atoms with Gasteiger partial charge in [0.25, 0.3) is 0 Å². The molecule has 1 atom stereocenters. The molecule has 0 saturated carbocycles. The van der Waals surface area contributed by atoms with Gasteiger partial charge in [-0.1, -0.05) is 20.8 Å². The van der Waals surface area contributed by atoms with Crippen molar-refractivity contribution in [1.82, 2.24) is 4.90 Å². The minimum atomic E-state index is -2.99. The highest BCUT2D eigenvalue weighted by Crippen LogP contribution is 2.32. The Bertz CT molecular complexity index is 358. The third kappa shape index (κ3) is 4.29. The van der Waals surface area contributed by atoms with Gasteiger partial charge in [0.2, 0.25) is 0 Å². The van der Waals surface area contributed by atoms with Crippen molar-refractivity contribution in [2.75, 3.05) is 36.1 Å². The van der Waals surface area contributed by atoms with E-state index < -0.39 is 9.84 Å². The van der Waals surface area contributed by atoms with Crippen LogP contribution in [0.25, 0.3) is 0 Å². The molecule has 0 N–H and O–H groups in total. The van der Waals surface area contributed by atoms with Crippen molar-refractivity contribution in [2.24, 2.45) is 5.41 Å². The summed E-state index contributed by atoms with van der Waals surface area (Å²) in [5.74, 6) is 2.81. The van der Waals surface area contributed by atoms with Crippen molar-refractivity contribution < 1.29 is 8.42 Å². The van der Waals surface area contributed by atoms with Crippen molar-refractivity contribution >= 4 is 34.2 Å². The lowest BCUT2D eigenvalue weighted by Gasteiger charge is -2.41. The van der Waals surface area contributed by atoms with Crippen molar-refractivity contribution in [3.8, 4) is 0 Å². The Morgan fingerprint density at radius 3 is 2.42 bits per heavy atom. The van der Waals surface area contributed by atoms with Crippen molar-refractivity contribution in [2.45, 2.75) is 39.0 Å². The van der Waals surface area contributed by atoms with Crippen LogP contribution in [0.3, 0.4) is 0 Å². The number of nitrogens with zero attached hydrogens (tertiary/aromatic N) is 1. The van der Waals surface area contributed by atoms with Gasteiger partial charge in [0.15, 0.2) is 9.84 Å². The Kier molecular flexibility index (Phi) is 7.04. The fourth-order valence-corrected chi connectivity index (χ4v) is 6.12. The lowest BCUT2D eigenvalue weighted by atomic mass is 9.84. The zero-order chi connectivity index (χ0) is 14.5. The van der Waals surface area contributed by atoms with Gasteiger partial charge in [-0.3, -0.25) is 4.90 Å². The summed E-state index contributed by atoms with van der Waals surface area (Å²) in [7, 11) is -2.99. The zero-order valence-corrected chi connectivity index (χ0v) is 14.8. The van der Waals surface area contributed by atoms with Crippen LogP contribution in [-0.4, -0.2) is 54.8 Å². The van der Waals surface area contributed by atoms with Gasteiger partial charge >= 0.3 is 0 Å². The summed E-state index contributed by atoms with van der Waals surface area (Å²) in [6.07, 6.45) is 2.10. The Balaban J connectivity index is 2.89. The maximum Gasteiger partial charge on any atom is 0.166 e. The first-order valence-electron chi connectivity index (χ1n) is 7.09. The summed E-state index contributed by atoms with van der Waals surface area (Å²) in [5.41, 5.74) is 0.145. The highest BCUT2D eigenvalue weighted by molar-refractivity contribution is 8.01. The average Bonchev–Trinajstić information content (AvgIpc) is 2.45. The van der Waals surface area contributed by atoms with Gasteiger partial charge in [-0.25, -0.2) is 8.42 Å². The normalized spacial score (nSPS) is 22.6. The molecular weight excluding hydrogens is 298 g/mol. The second-order valence-corrected chi connectivity index (χ2v) is 9.23. The van der Waals surface area contributed by atoms with E-state index in [9.17, 15) is 8.42 Å². The van der Waals surface area contributed by atoms with Crippen LogP contribution < -0.4 is 0 Å². The van der Waals surface area contributed by atoms with Crippen LogP contribution in [0.1, 0.15) is 33.6 Å². The molecule has 0 aromatic carbocycles. The van der Waals surface area contributed by atoms with E-state index in [4.69, 9.17) is 0 Å². The molecule has 0 aromatic rings. The molecule has 0 aliphatic carbocycles. The molecule has 6 heteroatoms. The predicted molar refractivity (Wildman–Crippen MR) is 89.0 cm³/mol. The van der Waals surface area contributed by atoms with Crippen LogP contribution in [0.15, 0.2) is 0 Å². The maximum absolute atomic E-state index is 12.2. The van der Waals surface area contributed by atoms with E-state index in [-0.39, 0.29) is 16.5 Å². The van der Waals surface area contributed by atoms with Crippen LogP contribution in [0.4, 0.5) is 0 Å². The van der Waals surface area contributed by atoms with Crippen molar-refractivity contribution in [1.29, 1.82) is 0 Å². The molecular formula is C13H27NO2S3. The van der Waals surface area contributed by atoms with Gasteiger partial charge < -0.3 is 0 Å². The molecule has 0 amide bonds. The van der Waals surface area contributed by atoms with Crippen LogP contribution in [0.2, 0.25) is 0 Å². The van der Waals surface area contributed by atoms with Gasteiger partial charge in [-0.15, -0.1) is 0 Å². The molecule has 0 bridgehead atoms. The zero-order valence-electron chi connectivity index (χ0n) is 12.3. The molecule has 114 valence electrons. The molecule has 1 fully saturated rings. The quantitative estimate of drug-likeness (QED) is 0.730. The molecule has 19 heavy (non-hydrogen) atoms. The molecule has 1 aliphatic rings. The number of rotatable bonds is 7. The van der Waals surface area contributed by atoms with Crippen LogP contribution in [-0.2, 0) is 9.84 Å². The number of sulfone groups is 1. The summed E-state index contributed by atoms with van der Waals surface area (Å²) in [6, 6.07) is 0. The Labute approximate surface area is 128 Å². The number of hydrogen-bond acceptors (Lipinski definition) is 5. The largest absolute Gasteiger partial charge is 0.285 e. The molecule has 1 unspecified atom stereocenters. The van der Waals surface area contributed by atoms with E-state index in [1.807, 2.05) is 0 Å². The molecule has 3 nitrogen and oxygen atoms in total. The smallest absolute Gasteiger partial charge is 0.166 e. The summed E-state index contributed by atoms with van der Waals surface area (Å²) < 4.78 is 24.5. The lowest BCUT2D eigenvalue weighted by Crippen LogP contribution is -2.52. The van der Waals surface area contributed by atoms with Crippen molar-refractivity contribution in [3.63, 3.8) is 0 Å². The van der Waals surface area contributed by atoms with E-state index in [2.05, 4.69) is 31.4 Å². The first-order chi connectivity index (χ1) is 8.94. The average molecular weight is 326 g/mol. The predicted octanol–water partition coefficient (Wildman–Crippen LogP) is 2.53. The van der Waals surface area contributed by atoms with Gasteiger partial charge in [-0.2, -0.15) is 24.4 Å². The Morgan fingerprint density at radius 2 is 1.95 bits per heavy atom. The fourth-order valence-electron chi connectivity index (χ4n) is 2.50. The monoisotopic (exact) mass is 325 g/mol. The number of thiol groups is 1. The second kappa shape index (κ2) is 7.57. The van der Waals surface area contributed by atoms with Gasteiger partial charge in [0.1, 0.15) is 5.37 Å². The third-order valence-electron chi connectivity index (χ3n) is 4.38. The van der Waals surface area contributed by atoms with E-state index in [1.165, 1.54) is 0 Å². The van der Waals surface area contributed by atoms with E-state index in [0.717, 1.165) is 37.4 Å². The fraction of sp³-hybridized carbons (Fsp3) is 1.00. The van der Waals surface area contributed by atoms with Crippen LogP contribution in [0.5, 0.6) is 0 Å². The topological polar surface area (TPSA) is 37.4 Å². The number of hydrogen-bond donors (Lipinski definition) is 1. The molecule has 1 saturated heterocycles. The molecule has 0 aromatic heterocycles. The minimum absolute atomic E-state index is 0.145. The van der Waals surface area contributed by atoms with E-state index >= 15 is 0 Å². The first kappa shape index (κ1) is 17.7. The summed E-state index contributed by atoms with van der Waals surface area (Å²) in [5, 5.41) is -0.298. The highest BCUT2D eigenvalue weighted by Gasteiger charge is 2.37. The van der Waals surface area contributed by atoms with Crippen molar-refractivity contribution in [3.05, 3.63) is 0 Å². The van der Waals surface area contributed by atoms with Gasteiger partial charge in [0.05, 0.1) is 0 Å². The van der Waals surface area contributed by atoms with Crippen LogP contribution in [0, 0.1) is 5.41 Å². The standard InChI is InChI=1S/C13H27NO2S3/c1-4-13(5-2,11-17)10-14-7-8-18-9-12(14)19(15,16)6-3/h12,17H,4-11H2,1-3H3. The number of thioether (sulfide) groups is 1. The van der Waals surface area contributed by atoms with Gasteiger partial charge in [0, 0.05) is 30.3 Å². The molecule has 0 radical (unpaired) electrons. The lowest BCUT2D eigenvalue weighted by molar-refractivity contribution is 0.155. The molecule has 1 rings (SSSR count). The van der Waals surface area contributed by atoms with E-state index in [0.29, 0.717) is 5.75 Å². The highest BCUT2D eigenvalue weighted by atomic mass is 32.2. The summed E-state index contributed by atoms with van der Waals surface area (Å²) in [4.78, 5) is 2.19. The SMILES string of the molecule is CCC(CC)(CS)CN1CCSCC1S(=O)(=O)CC. The Hall–Kier alpha value is 0.610. The molecule has 0 spiro atoms. The maximum atomic E-state index is 12.2. The summed E-state index contributed by atoms with van der Waals surface area (Å²) in [6.45, 7) is 7.85. The minimum Gasteiger partial charge on any atom is -0.285 e. The summed E-state index contributed by atoms with van der Waals surface area (Å²) >= 11 is 6.26. The Morgan fingerprint density at radius 1 is 1.32 bits per heavy atom. The van der Waals surface area contributed by atoms with Gasteiger partial charge in [-0.05, 0) is 24.0 Å².